The Bertz CT molecular complexity index is 186. The zero-order chi connectivity index (χ0) is 12.0. The minimum atomic E-state index is 0.165. The zero-order valence-corrected chi connectivity index (χ0v) is 11.2. The second-order valence-corrected chi connectivity index (χ2v) is 5.23. The number of hydrogen-bond donors (Lipinski definition) is 1. The standard InChI is InChI=1S/C13H28N2O/c1-4-7-15(13(3,5-2)11-14)9-12-6-8-16-10-12/h12H,4-11,14H2,1-3H3. The van der Waals surface area contributed by atoms with Crippen LogP contribution in [0.3, 0.4) is 0 Å². The van der Waals surface area contributed by atoms with Crippen LogP contribution in [-0.2, 0) is 4.74 Å². The van der Waals surface area contributed by atoms with Crippen molar-refractivity contribution < 1.29 is 4.74 Å². The van der Waals surface area contributed by atoms with Crippen molar-refractivity contribution >= 4 is 0 Å². The Morgan fingerprint density at radius 2 is 2.19 bits per heavy atom. The molecule has 3 nitrogen and oxygen atoms in total. The smallest absolute Gasteiger partial charge is 0.0507 e. The summed E-state index contributed by atoms with van der Waals surface area (Å²) in [6.45, 7) is 11.7. The van der Waals surface area contributed by atoms with Crippen LogP contribution in [-0.4, -0.2) is 43.3 Å². The normalized spacial score (nSPS) is 24.9. The van der Waals surface area contributed by atoms with Crippen LogP contribution < -0.4 is 5.73 Å². The average Bonchev–Trinajstić information content (AvgIpc) is 2.80. The van der Waals surface area contributed by atoms with Gasteiger partial charge in [-0.2, -0.15) is 0 Å². The first-order chi connectivity index (χ1) is 7.66. The van der Waals surface area contributed by atoms with E-state index in [9.17, 15) is 0 Å². The lowest BCUT2D eigenvalue weighted by molar-refractivity contribution is 0.0806. The highest BCUT2D eigenvalue weighted by Crippen LogP contribution is 2.23. The van der Waals surface area contributed by atoms with Crippen molar-refractivity contribution in [3.8, 4) is 0 Å². The van der Waals surface area contributed by atoms with Crippen LogP contribution in [0, 0.1) is 5.92 Å². The topological polar surface area (TPSA) is 38.5 Å². The molecule has 1 heterocycles. The van der Waals surface area contributed by atoms with Gasteiger partial charge in [0.15, 0.2) is 0 Å². The van der Waals surface area contributed by atoms with E-state index >= 15 is 0 Å². The summed E-state index contributed by atoms with van der Waals surface area (Å²) in [4.78, 5) is 2.58. The number of rotatable bonds is 7. The highest BCUT2D eigenvalue weighted by molar-refractivity contribution is 4.87. The zero-order valence-electron chi connectivity index (χ0n) is 11.2. The van der Waals surface area contributed by atoms with Crippen molar-refractivity contribution in [1.82, 2.24) is 4.90 Å². The summed E-state index contributed by atoms with van der Waals surface area (Å²) >= 11 is 0. The number of nitrogens with two attached hydrogens (primary N) is 1. The highest BCUT2D eigenvalue weighted by atomic mass is 16.5. The predicted octanol–water partition coefficient (Wildman–Crippen LogP) is 1.86. The summed E-state index contributed by atoms with van der Waals surface area (Å²) in [6, 6.07) is 0. The van der Waals surface area contributed by atoms with Crippen molar-refractivity contribution in [2.75, 3.05) is 32.8 Å². The number of hydrogen-bond acceptors (Lipinski definition) is 3. The third kappa shape index (κ3) is 3.44. The molecule has 0 aromatic heterocycles. The summed E-state index contributed by atoms with van der Waals surface area (Å²) in [7, 11) is 0. The fraction of sp³-hybridized carbons (Fsp3) is 1.00. The van der Waals surface area contributed by atoms with Crippen molar-refractivity contribution in [2.24, 2.45) is 11.7 Å². The molecule has 1 rings (SSSR count). The van der Waals surface area contributed by atoms with Crippen molar-refractivity contribution in [3.63, 3.8) is 0 Å². The third-order valence-electron chi connectivity index (χ3n) is 3.96. The molecule has 0 amide bonds. The Hall–Kier alpha value is -0.120. The fourth-order valence-corrected chi connectivity index (χ4v) is 2.39. The minimum absolute atomic E-state index is 0.165. The molecule has 2 unspecified atom stereocenters. The maximum Gasteiger partial charge on any atom is 0.0507 e. The Balaban J connectivity index is 2.57. The van der Waals surface area contributed by atoms with Crippen LogP contribution in [0.4, 0.5) is 0 Å². The van der Waals surface area contributed by atoms with Crippen LogP contribution in [0.5, 0.6) is 0 Å². The molecule has 1 aliphatic rings. The molecule has 2 N–H and O–H groups in total. The number of nitrogens with zero attached hydrogens (tertiary/aromatic N) is 1. The molecule has 1 saturated heterocycles. The molecule has 2 atom stereocenters. The average molecular weight is 228 g/mol. The molecule has 0 aliphatic carbocycles. The van der Waals surface area contributed by atoms with E-state index in [1.165, 1.54) is 12.8 Å². The third-order valence-corrected chi connectivity index (χ3v) is 3.96. The molecule has 3 heteroatoms. The van der Waals surface area contributed by atoms with E-state index in [1.54, 1.807) is 0 Å². The second kappa shape index (κ2) is 6.58. The highest BCUT2D eigenvalue weighted by Gasteiger charge is 2.30. The van der Waals surface area contributed by atoms with Crippen LogP contribution in [0.15, 0.2) is 0 Å². The van der Waals surface area contributed by atoms with E-state index in [-0.39, 0.29) is 5.54 Å². The number of ether oxygens (including phenoxy) is 1. The Labute approximate surface area is 100 Å². The summed E-state index contributed by atoms with van der Waals surface area (Å²) in [5, 5.41) is 0. The predicted molar refractivity (Wildman–Crippen MR) is 68.5 cm³/mol. The van der Waals surface area contributed by atoms with Gasteiger partial charge in [-0.15, -0.1) is 0 Å². The fourth-order valence-electron chi connectivity index (χ4n) is 2.39. The van der Waals surface area contributed by atoms with Crippen molar-refractivity contribution in [1.29, 1.82) is 0 Å². The molecule has 0 bridgehead atoms. The maximum atomic E-state index is 5.95. The van der Waals surface area contributed by atoms with E-state index in [0.29, 0.717) is 5.92 Å². The van der Waals surface area contributed by atoms with E-state index in [4.69, 9.17) is 10.5 Å². The minimum Gasteiger partial charge on any atom is -0.381 e. The van der Waals surface area contributed by atoms with Gasteiger partial charge in [0, 0.05) is 25.2 Å². The van der Waals surface area contributed by atoms with E-state index in [0.717, 1.165) is 39.3 Å². The van der Waals surface area contributed by atoms with E-state index in [1.807, 2.05) is 0 Å². The Morgan fingerprint density at radius 1 is 1.44 bits per heavy atom. The molecular weight excluding hydrogens is 200 g/mol. The van der Waals surface area contributed by atoms with Gasteiger partial charge in [-0.1, -0.05) is 13.8 Å². The molecule has 0 saturated carbocycles. The summed E-state index contributed by atoms with van der Waals surface area (Å²) < 4.78 is 5.46. The van der Waals surface area contributed by atoms with Crippen LogP contribution in [0.2, 0.25) is 0 Å². The SMILES string of the molecule is CCCN(CC1CCOC1)C(C)(CC)CN. The van der Waals surface area contributed by atoms with Crippen molar-refractivity contribution in [2.45, 2.75) is 45.6 Å². The molecule has 1 aliphatic heterocycles. The lowest BCUT2D eigenvalue weighted by atomic mass is 9.94. The van der Waals surface area contributed by atoms with Gasteiger partial charge in [0.1, 0.15) is 0 Å². The van der Waals surface area contributed by atoms with Gasteiger partial charge in [-0.25, -0.2) is 0 Å². The largest absolute Gasteiger partial charge is 0.381 e. The summed E-state index contributed by atoms with van der Waals surface area (Å²) in [6.07, 6.45) is 3.53. The lowest BCUT2D eigenvalue weighted by Gasteiger charge is -2.41. The first-order valence-corrected chi connectivity index (χ1v) is 6.69. The molecule has 0 aromatic rings. The van der Waals surface area contributed by atoms with Crippen LogP contribution >= 0.6 is 0 Å². The quantitative estimate of drug-likeness (QED) is 0.723. The summed E-state index contributed by atoms with van der Waals surface area (Å²) in [5.41, 5.74) is 6.12. The molecule has 0 radical (unpaired) electrons. The van der Waals surface area contributed by atoms with Gasteiger partial charge in [-0.3, -0.25) is 4.90 Å². The van der Waals surface area contributed by atoms with Gasteiger partial charge in [-0.05, 0) is 38.6 Å². The van der Waals surface area contributed by atoms with Gasteiger partial charge in [0.25, 0.3) is 0 Å². The lowest BCUT2D eigenvalue weighted by Crippen LogP contribution is -2.53. The molecule has 16 heavy (non-hydrogen) atoms. The van der Waals surface area contributed by atoms with Crippen LogP contribution in [0.1, 0.15) is 40.0 Å². The van der Waals surface area contributed by atoms with Gasteiger partial charge >= 0.3 is 0 Å². The maximum absolute atomic E-state index is 5.95. The van der Waals surface area contributed by atoms with E-state index in [2.05, 4.69) is 25.7 Å². The molecule has 96 valence electrons. The molecular formula is C13H28N2O. The van der Waals surface area contributed by atoms with Gasteiger partial charge in [0.05, 0.1) is 6.61 Å². The van der Waals surface area contributed by atoms with Gasteiger partial charge < -0.3 is 10.5 Å². The van der Waals surface area contributed by atoms with E-state index < -0.39 is 0 Å². The summed E-state index contributed by atoms with van der Waals surface area (Å²) in [5.74, 6) is 0.712. The molecule has 1 fully saturated rings. The first kappa shape index (κ1) is 13.9. The first-order valence-electron chi connectivity index (χ1n) is 6.69. The molecule has 0 aromatic carbocycles. The Kier molecular flexibility index (Phi) is 5.73. The van der Waals surface area contributed by atoms with Crippen molar-refractivity contribution in [3.05, 3.63) is 0 Å². The monoisotopic (exact) mass is 228 g/mol. The Morgan fingerprint density at radius 3 is 2.62 bits per heavy atom. The second-order valence-electron chi connectivity index (χ2n) is 5.23. The molecule has 0 spiro atoms. The van der Waals surface area contributed by atoms with Crippen LogP contribution in [0.25, 0.3) is 0 Å². The van der Waals surface area contributed by atoms with Gasteiger partial charge in [0.2, 0.25) is 0 Å².